The van der Waals surface area contributed by atoms with Gasteiger partial charge in [0.05, 0.1) is 5.51 Å². The third kappa shape index (κ3) is 3.55. The largest absolute Gasteiger partial charge is 0.334 e. The van der Waals surface area contributed by atoms with E-state index in [4.69, 9.17) is 5.73 Å². The van der Waals surface area contributed by atoms with Gasteiger partial charge in [0, 0.05) is 18.0 Å². The highest BCUT2D eigenvalue weighted by Crippen LogP contribution is 2.23. The molecule has 4 nitrogen and oxygen atoms in total. The van der Waals surface area contributed by atoms with Crippen LogP contribution in [-0.4, -0.2) is 34.9 Å². The summed E-state index contributed by atoms with van der Waals surface area (Å²) in [6.45, 7) is 3.50. The van der Waals surface area contributed by atoms with Crippen LogP contribution >= 0.6 is 36.2 Å². The maximum atomic E-state index is 12.0. The fourth-order valence-corrected chi connectivity index (χ4v) is 2.59. The zero-order chi connectivity index (χ0) is 10.8. The van der Waals surface area contributed by atoms with Crippen molar-refractivity contribution in [3.63, 3.8) is 0 Å². The standard InChI is InChI=1S/C10H15N3OS.2ClH/c1-7-2-8(3-11)4-13(7)10(14)9-5-15-6-12-9;;/h5-8H,2-4,11H2,1H3;2*1H. The van der Waals surface area contributed by atoms with Gasteiger partial charge in [0.25, 0.3) is 5.91 Å². The molecular formula is C10H17Cl2N3OS. The third-order valence-corrected chi connectivity index (χ3v) is 3.49. The normalized spacial score (nSPS) is 22.8. The molecule has 1 aliphatic rings. The summed E-state index contributed by atoms with van der Waals surface area (Å²) >= 11 is 1.45. The van der Waals surface area contributed by atoms with Gasteiger partial charge in [0.2, 0.25) is 0 Å². The molecule has 2 heterocycles. The Balaban J connectivity index is 0.00000128. The fraction of sp³-hybridized carbons (Fsp3) is 0.600. The highest BCUT2D eigenvalue weighted by molar-refractivity contribution is 7.07. The summed E-state index contributed by atoms with van der Waals surface area (Å²) in [5.41, 5.74) is 7.87. The SMILES string of the molecule is CC1CC(CN)CN1C(=O)c1cscn1.Cl.Cl. The van der Waals surface area contributed by atoms with Crippen molar-refractivity contribution in [3.8, 4) is 0 Å². The average molecular weight is 298 g/mol. The molecule has 0 saturated carbocycles. The van der Waals surface area contributed by atoms with Crippen molar-refractivity contribution in [2.75, 3.05) is 13.1 Å². The summed E-state index contributed by atoms with van der Waals surface area (Å²) in [6, 6.07) is 0.285. The van der Waals surface area contributed by atoms with Crippen LogP contribution < -0.4 is 5.73 Å². The van der Waals surface area contributed by atoms with Crippen LogP contribution in [0.4, 0.5) is 0 Å². The number of nitrogens with zero attached hydrogens (tertiary/aromatic N) is 2. The number of hydrogen-bond acceptors (Lipinski definition) is 4. The Morgan fingerprint density at radius 3 is 2.82 bits per heavy atom. The Morgan fingerprint density at radius 2 is 2.35 bits per heavy atom. The first-order chi connectivity index (χ1) is 7.22. The Bertz CT molecular complexity index is 347. The number of carbonyl (C=O) groups excluding carboxylic acids is 1. The van der Waals surface area contributed by atoms with Gasteiger partial charge in [-0.25, -0.2) is 4.98 Å². The average Bonchev–Trinajstić information content (AvgIpc) is 2.85. The zero-order valence-electron chi connectivity index (χ0n) is 9.54. The van der Waals surface area contributed by atoms with E-state index >= 15 is 0 Å². The molecule has 0 aliphatic carbocycles. The molecule has 1 fully saturated rings. The molecule has 0 aromatic carbocycles. The molecule has 2 atom stereocenters. The van der Waals surface area contributed by atoms with Gasteiger partial charge >= 0.3 is 0 Å². The summed E-state index contributed by atoms with van der Waals surface area (Å²) in [7, 11) is 0. The van der Waals surface area contributed by atoms with Crippen LogP contribution in [0.3, 0.4) is 0 Å². The molecule has 2 rings (SSSR count). The molecule has 1 aromatic heterocycles. The molecule has 1 amide bonds. The number of halogens is 2. The number of nitrogens with two attached hydrogens (primary N) is 1. The van der Waals surface area contributed by atoms with E-state index in [0.717, 1.165) is 13.0 Å². The lowest BCUT2D eigenvalue weighted by Gasteiger charge is -2.20. The second kappa shape index (κ2) is 7.16. The van der Waals surface area contributed by atoms with E-state index in [1.54, 1.807) is 10.9 Å². The lowest BCUT2D eigenvalue weighted by molar-refractivity contribution is 0.0738. The molecule has 17 heavy (non-hydrogen) atoms. The van der Waals surface area contributed by atoms with Crippen LogP contribution in [0.25, 0.3) is 0 Å². The maximum Gasteiger partial charge on any atom is 0.273 e. The van der Waals surface area contributed by atoms with E-state index in [1.165, 1.54) is 11.3 Å². The summed E-state index contributed by atoms with van der Waals surface area (Å²) < 4.78 is 0. The van der Waals surface area contributed by atoms with Gasteiger partial charge in [-0.05, 0) is 25.8 Å². The molecule has 1 saturated heterocycles. The molecule has 0 bridgehead atoms. The van der Waals surface area contributed by atoms with Crippen LogP contribution in [0.2, 0.25) is 0 Å². The number of rotatable bonds is 2. The van der Waals surface area contributed by atoms with Gasteiger partial charge in [-0.15, -0.1) is 36.2 Å². The topological polar surface area (TPSA) is 59.2 Å². The molecule has 0 spiro atoms. The van der Waals surface area contributed by atoms with E-state index in [0.29, 0.717) is 18.2 Å². The van der Waals surface area contributed by atoms with Gasteiger partial charge in [-0.1, -0.05) is 0 Å². The van der Waals surface area contributed by atoms with E-state index in [9.17, 15) is 4.79 Å². The number of thiazole rings is 1. The van der Waals surface area contributed by atoms with Crippen molar-refractivity contribution >= 4 is 42.1 Å². The maximum absolute atomic E-state index is 12.0. The minimum absolute atomic E-state index is 0. The van der Waals surface area contributed by atoms with Crippen LogP contribution in [-0.2, 0) is 0 Å². The Labute approximate surface area is 117 Å². The van der Waals surface area contributed by atoms with Crippen molar-refractivity contribution in [1.82, 2.24) is 9.88 Å². The van der Waals surface area contributed by atoms with E-state index < -0.39 is 0 Å². The summed E-state index contributed by atoms with van der Waals surface area (Å²) in [5, 5.41) is 1.80. The minimum atomic E-state index is 0. The smallest absolute Gasteiger partial charge is 0.273 e. The molecule has 98 valence electrons. The highest BCUT2D eigenvalue weighted by Gasteiger charge is 2.32. The van der Waals surface area contributed by atoms with E-state index in [1.807, 2.05) is 4.90 Å². The monoisotopic (exact) mass is 297 g/mol. The molecule has 1 aromatic rings. The lowest BCUT2D eigenvalue weighted by atomic mass is 10.1. The van der Waals surface area contributed by atoms with E-state index in [2.05, 4.69) is 11.9 Å². The zero-order valence-corrected chi connectivity index (χ0v) is 12.0. The Kier molecular flexibility index (Phi) is 7.01. The fourth-order valence-electron chi connectivity index (χ4n) is 2.06. The third-order valence-electron chi connectivity index (χ3n) is 2.91. The van der Waals surface area contributed by atoms with Gasteiger partial charge in [-0.3, -0.25) is 4.79 Å². The predicted molar refractivity (Wildman–Crippen MR) is 74.3 cm³/mol. The van der Waals surface area contributed by atoms with Crippen molar-refractivity contribution in [3.05, 3.63) is 16.6 Å². The number of aromatic nitrogens is 1. The van der Waals surface area contributed by atoms with Gasteiger partial charge in [0.15, 0.2) is 0 Å². The van der Waals surface area contributed by atoms with Crippen LogP contribution in [0.15, 0.2) is 10.9 Å². The molecule has 2 unspecified atom stereocenters. The molecule has 1 aliphatic heterocycles. The second-order valence-electron chi connectivity index (χ2n) is 4.02. The van der Waals surface area contributed by atoms with Crippen molar-refractivity contribution in [2.45, 2.75) is 19.4 Å². The van der Waals surface area contributed by atoms with Gasteiger partial charge < -0.3 is 10.6 Å². The first kappa shape index (κ1) is 16.6. The first-order valence-corrected chi connectivity index (χ1v) is 6.06. The predicted octanol–water partition coefficient (Wildman–Crippen LogP) is 1.80. The molecule has 2 N–H and O–H groups in total. The Hall–Kier alpha value is -0.360. The van der Waals surface area contributed by atoms with Crippen LogP contribution in [0.5, 0.6) is 0 Å². The molecule has 0 radical (unpaired) electrons. The molecule has 7 heteroatoms. The quantitative estimate of drug-likeness (QED) is 0.905. The first-order valence-electron chi connectivity index (χ1n) is 5.11. The Morgan fingerprint density at radius 1 is 1.65 bits per heavy atom. The number of hydrogen-bond donors (Lipinski definition) is 1. The van der Waals surface area contributed by atoms with Crippen molar-refractivity contribution < 1.29 is 4.79 Å². The van der Waals surface area contributed by atoms with Gasteiger partial charge in [0.1, 0.15) is 5.69 Å². The summed E-state index contributed by atoms with van der Waals surface area (Å²) in [6.07, 6.45) is 1.01. The highest BCUT2D eigenvalue weighted by atomic mass is 35.5. The van der Waals surface area contributed by atoms with E-state index in [-0.39, 0.29) is 36.8 Å². The van der Waals surface area contributed by atoms with Crippen molar-refractivity contribution in [1.29, 1.82) is 0 Å². The lowest BCUT2D eigenvalue weighted by Crippen LogP contribution is -2.34. The summed E-state index contributed by atoms with van der Waals surface area (Å²) in [5.74, 6) is 0.488. The second-order valence-corrected chi connectivity index (χ2v) is 4.74. The van der Waals surface area contributed by atoms with Crippen LogP contribution in [0.1, 0.15) is 23.8 Å². The number of likely N-dealkylation sites (tertiary alicyclic amines) is 1. The number of carbonyl (C=O) groups is 1. The van der Waals surface area contributed by atoms with Crippen LogP contribution in [0, 0.1) is 5.92 Å². The molecular weight excluding hydrogens is 281 g/mol. The number of amides is 1. The summed E-state index contributed by atoms with van der Waals surface area (Å²) in [4.78, 5) is 17.9. The van der Waals surface area contributed by atoms with Crippen molar-refractivity contribution in [2.24, 2.45) is 11.7 Å². The minimum Gasteiger partial charge on any atom is -0.334 e. The van der Waals surface area contributed by atoms with Gasteiger partial charge in [-0.2, -0.15) is 0 Å².